The van der Waals surface area contributed by atoms with Crippen molar-refractivity contribution in [3.05, 3.63) is 0 Å². The second-order valence-corrected chi connectivity index (χ2v) is 3.22. The molecule has 0 aromatic heterocycles. The Bertz CT molecular complexity index is 142. The SMILES string of the molecule is CCN(CCCO)C(=O)CCCCl. The number of aliphatic hydroxyl groups is 1. The van der Waals surface area contributed by atoms with Crippen molar-refractivity contribution in [1.29, 1.82) is 0 Å². The van der Waals surface area contributed by atoms with Gasteiger partial charge in [-0.25, -0.2) is 0 Å². The van der Waals surface area contributed by atoms with E-state index in [9.17, 15) is 4.79 Å². The molecule has 0 atom stereocenters. The molecule has 0 bridgehead atoms. The van der Waals surface area contributed by atoms with E-state index in [0.29, 0.717) is 31.8 Å². The van der Waals surface area contributed by atoms with Crippen molar-refractivity contribution in [2.45, 2.75) is 26.2 Å². The Morgan fingerprint density at radius 2 is 2.15 bits per heavy atom. The molecule has 0 heterocycles. The lowest BCUT2D eigenvalue weighted by atomic mass is 10.3. The number of halogens is 1. The minimum absolute atomic E-state index is 0.136. The van der Waals surface area contributed by atoms with E-state index in [4.69, 9.17) is 16.7 Å². The second-order valence-electron chi connectivity index (χ2n) is 2.84. The maximum Gasteiger partial charge on any atom is 0.222 e. The highest BCUT2D eigenvalue weighted by molar-refractivity contribution is 6.17. The molecular formula is C9H18ClNO2. The summed E-state index contributed by atoms with van der Waals surface area (Å²) in [6, 6.07) is 0. The van der Waals surface area contributed by atoms with Gasteiger partial charge in [-0.1, -0.05) is 0 Å². The van der Waals surface area contributed by atoms with Gasteiger partial charge in [0.15, 0.2) is 0 Å². The molecule has 0 radical (unpaired) electrons. The number of aliphatic hydroxyl groups excluding tert-OH is 1. The molecule has 78 valence electrons. The van der Waals surface area contributed by atoms with Gasteiger partial charge in [-0.2, -0.15) is 0 Å². The summed E-state index contributed by atoms with van der Waals surface area (Å²) >= 11 is 5.49. The van der Waals surface area contributed by atoms with Gasteiger partial charge in [0.25, 0.3) is 0 Å². The molecule has 0 aliphatic carbocycles. The van der Waals surface area contributed by atoms with E-state index < -0.39 is 0 Å². The van der Waals surface area contributed by atoms with Crippen LogP contribution in [0, 0.1) is 0 Å². The summed E-state index contributed by atoms with van der Waals surface area (Å²) in [5, 5.41) is 8.61. The maximum absolute atomic E-state index is 11.4. The molecule has 0 aromatic carbocycles. The van der Waals surface area contributed by atoms with Crippen LogP contribution in [0.25, 0.3) is 0 Å². The van der Waals surface area contributed by atoms with E-state index >= 15 is 0 Å². The van der Waals surface area contributed by atoms with Gasteiger partial charge in [-0.05, 0) is 19.8 Å². The Morgan fingerprint density at radius 3 is 2.62 bits per heavy atom. The van der Waals surface area contributed by atoms with Crippen molar-refractivity contribution in [2.24, 2.45) is 0 Å². The third-order valence-corrected chi connectivity index (χ3v) is 2.11. The number of hydrogen-bond donors (Lipinski definition) is 1. The van der Waals surface area contributed by atoms with E-state index in [1.807, 2.05) is 6.92 Å². The molecule has 0 aliphatic rings. The highest BCUT2D eigenvalue weighted by atomic mass is 35.5. The molecule has 0 unspecified atom stereocenters. The first-order valence-electron chi connectivity index (χ1n) is 4.70. The molecule has 4 heteroatoms. The minimum atomic E-state index is 0.136. The highest BCUT2D eigenvalue weighted by Crippen LogP contribution is 2.00. The Balaban J connectivity index is 3.71. The van der Waals surface area contributed by atoms with Gasteiger partial charge in [0.1, 0.15) is 0 Å². The molecule has 3 nitrogen and oxygen atoms in total. The van der Waals surface area contributed by atoms with E-state index in [1.165, 1.54) is 0 Å². The Labute approximate surface area is 84.7 Å². The smallest absolute Gasteiger partial charge is 0.222 e. The minimum Gasteiger partial charge on any atom is -0.396 e. The van der Waals surface area contributed by atoms with Crippen LogP contribution in [-0.4, -0.2) is 41.5 Å². The quantitative estimate of drug-likeness (QED) is 0.639. The number of rotatable bonds is 7. The lowest BCUT2D eigenvalue weighted by Gasteiger charge is -2.20. The average Bonchev–Trinajstić information content (AvgIpc) is 2.16. The fourth-order valence-electron chi connectivity index (χ4n) is 1.10. The molecule has 0 aliphatic heterocycles. The Morgan fingerprint density at radius 1 is 1.46 bits per heavy atom. The van der Waals surface area contributed by atoms with Crippen LogP contribution in [0.15, 0.2) is 0 Å². The first-order chi connectivity index (χ1) is 6.26. The van der Waals surface area contributed by atoms with Gasteiger partial charge in [-0.15, -0.1) is 11.6 Å². The van der Waals surface area contributed by atoms with Crippen LogP contribution in [0.1, 0.15) is 26.2 Å². The standard InChI is InChI=1S/C9H18ClNO2/c1-2-11(7-4-8-12)9(13)5-3-6-10/h12H,2-8H2,1H3. The van der Waals surface area contributed by atoms with Crippen LogP contribution < -0.4 is 0 Å². The third kappa shape index (κ3) is 5.88. The molecule has 0 aromatic rings. The number of alkyl halides is 1. The Hall–Kier alpha value is -0.280. The molecule has 1 N–H and O–H groups in total. The lowest BCUT2D eigenvalue weighted by Crippen LogP contribution is -2.32. The van der Waals surface area contributed by atoms with Gasteiger partial charge >= 0.3 is 0 Å². The highest BCUT2D eigenvalue weighted by Gasteiger charge is 2.09. The van der Waals surface area contributed by atoms with Gasteiger partial charge in [0.05, 0.1) is 0 Å². The maximum atomic E-state index is 11.4. The van der Waals surface area contributed by atoms with Crippen molar-refractivity contribution in [1.82, 2.24) is 4.90 Å². The van der Waals surface area contributed by atoms with Crippen LogP contribution in [0.2, 0.25) is 0 Å². The van der Waals surface area contributed by atoms with Crippen LogP contribution in [0.4, 0.5) is 0 Å². The van der Waals surface area contributed by atoms with E-state index in [1.54, 1.807) is 4.90 Å². The van der Waals surface area contributed by atoms with Gasteiger partial charge in [-0.3, -0.25) is 4.79 Å². The normalized spacial score (nSPS) is 10.1. The van der Waals surface area contributed by atoms with Crippen LogP contribution >= 0.6 is 11.6 Å². The third-order valence-electron chi connectivity index (χ3n) is 1.84. The van der Waals surface area contributed by atoms with Crippen molar-refractivity contribution in [2.75, 3.05) is 25.6 Å². The van der Waals surface area contributed by atoms with Crippen molar-refractivity contribution in [3.63, 3.8) is 0 Å². The molecule has 13 heavy (non-hydrogen) atoms. The van der Waals surface area contributed by atoms with Crippen molar-refractivity contribution in [3.8, 4) is 0 Å². The monoisotopic (exact) mass is 207 g/mol. The van der Waals surface area contributed by atoms with Gasteiger partial charge in [0, 0.05) is 32.0 Å². The summed E-state index contributed by atoms with van der Waals surface area (Å²) in [5.74, 6) is 0.667. The summed E-state index contributed by atoms with van der Waals surface area (Å²) < 4.78 is 0. The number of hydrogen-bond acceptors (Lipinski definition) is 2. The lowest BCUT2D eigenvalue weighted by molar-refractivity contribution is -0.131. The average molecular weight is 208 g/mol. The first-order valence-corrected chi connectivity index (χ1v) is 5.24. The van der Waals surface area contributed by atoms with Crippen LogP contribution in [0.5, 0.6) is 0 Å². The van der Waals surface area contributed by atoms with Gasteiger partial charge in [0.2, 0.25) is 5.91 Å². The molecule has 0 fully saturated rings. The number of amides is 1. The topological polar surface area (TPSA) is 40.5 Å². The predicted octanol–water partition coefficient (Wildman–Crippen LogP) is 1.24. The Kier molecular flexibility index (Phi) is 8.14. The summed E-state index contributed by atoms with van der Waals surface area (Å²) in [7, 11) is 0. The van der Waals surface area contributed by atoms with Crippen LogP contribution in [0.3, 0.4) is 0 Å². The van der Waals surface area contributed by atoms with E-state index in [-0.39, 0.29) is 12.5 Å². The largest absolute Gasteiger partial charge is 0.396 e. The molecule has 0 spiro atoms. The van der Waals surface area contributed by atoms with Crippen molar-refractivity contribution >= 4 is 17.5 Å². The summed E-state index contributed by atoms with van der Waals surface area (Å²) in [5.41, 5.74) is 0. The second kappa shape index (κ2) is 8.32. The first kappa shape index (κ1) is 12.7. The number of nitrogens with zero attached hydrogens (tertiary/aromatic N) is 1. The molecule has 1 amide bonds. The predicted molar refractivity (Wildman–Crippen MR) is 53.9 cm³/mol. The molecule has 0 saturated carbocycles. The summed E-state index contributed by atoms with van der Waals surface area (Å²) in [6.07, 6.45) is 1.90. The number of carbonyl (C=O) groups excluding carboxylic acids is 1. The fourth-order valence-corrected chi connectivity index (χ4v) is 1.23. The van der Waals surface area contributed by atoms with E-state index in [0.717, 1.165) is 6.42 Å². The molecule has 0 saturated heterocycles. The van der Waals surface area contributed by atoms with Crippen molar-refractivity contribution < 1.29 is 9.90 Å². The molecular weight excluding hydrogens is 190 g/mol. The zero-order valence-corrected chi connectivity index (χ0v) is 8.89. The van der Waals surface area contributed by atoms with E-state index in [2.05, 4.69) is 0 Å². The zero-order valence-electron chi connectivity index (χ0n) is 8.13. The van der Waals surface area contributed by atoms with Crippen LogP contribution in [-0.2, 0) is 4.79 Å². The van der Waals surface area contributed by atoms with Gasteiger partial charge < -0.3 is 10.0 Å². The molecule has 0 rings (SSSR count). The number of carbonyl (C=O) groups is 1. The summed E-state index contributed by atoms with van der Waals surface area (Å²) in [4.78, 5) is 13.2. The zero-order chi connectivity index (χ0) is 10.1. The summed E-state index contributed by atoms with van der Waals surface area (Å²) in [6.45, 7) is 3.44. The fraction of sp³-hybridized carbons (Fsp3) is 0.889.